The lowest BCUT2D eigenvalue weighted by atomic mass is 10.0. The molecule has 0 spiro atoms. The Labute approximate surface area is 170 Å². The molecule has 1 heterocycles. The normalized spacial score (nSPS) is 17.2. The number of hydrogen-bond donors (Lipinski definition) is 2. The first-order valence-corrected chi connectivity index (χ1v) is 10.1. The molecule has 150 valence electrons. The van der Waals surface area contributed by atoms with Crippen molar-refractivity contribution in [3.63, 3.8) is 0 Å². The zero-order valence-electron chi connectivity index (χ0n) is 16.3. The van der Waals surface area contributed by atoms with Crippen molar-refractivity contribution in [1.29, 1.82) is 0 Å². The van der Waals surface area contributed by atoms with Crippen LogP contribution in [-0.4, -0.2) is 31.8 Å². The number of amides is 1. The number of carbonyl (C=O) groups is 1. The predicted molar refractivity (Wildman–Crippen MR) is 114 cm³/mol. The largest absolute Gasteiger partial charge is 0.491 e. The Morgan fingerprint density at radius 2 is 1.97 bits per heavy atom. The summed E-state index contributed by atoms with van der Waals surface area (Å²) in [6.45, 7) is 1.62. The second-order valence-electron chi connectivity index (χ2n) is 7.34. The fourth-order valence-corrected chi connectivity index (χ4v) is 3.64. The quantitative estimate of drug-likeness (QED) is 0.643. The predicted octanol–water partition coefficient (Wildman–Crippen LogP) is 3.83. The first-order chi connectivity index (χ1) is 14.2. The van der Waals surface area contributed by atoms with Crippen molar-refractivity contribution in [2.75, 3.05) is 19.8 Å². The number of rotatable bonds is 7. The van der Waals surface area contributed by atoms with Crippen LogP contribution in [0.15, 0.2) is 66.7 Å². The van der Waals surface area contributed by atoms with Crippen LogP contribution in [0, 0.1) is 0 Å². The van der Waals surface area contributed by atoms with E-state index in [-0.39, 0.29) is 18.1 Å². The van der Waals surface area contributed by atoms with Gasteiger partial charge in [-0.25, -0.2) is 0 Å². The highest BCUT2D eigenvalue weighted by Crippen LogP contribution is 2.21. The minimum absolute atomic E-state index is 0.141. The minimum Gasteiger partial charge on any atom is -0.491 e. The maximum absolute atomic E-state index is 12.8. The molecule has 1 fully saturated rings. The molecule has 2 unspecified atom stereocenters. The minimum atomic E-state index is -0.261. The molecule has 1 aliphatic rings. The highest BCUT2D eigenvalue weighted by atomic mass is 16.5. The van der Waals surface area contributed by atoms with Gasteiger partial charge in [-0.2, -0.15) is 0 Å². The van der Waals surface area contributed by atoms with Gasteiger partial charge in [0, 0.05) is 18.7 Å². The fraction of sp³-hybridized carbons (Fsp3) is 0.292. The van der Waals surface area contributed by atoms with Crippen molar-refractivity contribution < 1.29 is 14.3 Å². The maximum atomic E-state index is 12.8. The molecule has 0 radical (unpaired) electrons. The second-order valence-corrected chi connectivity index (χ2v) is 7.34. The van der Waals surface area contributed by atoms with Crippen molar-refractivity contribution in [2.24, 2.45) is 5.73 Å². The molecule has 5 nitrogen and oxygen atoms in total. The first kappa shape index (κ1) is 19.4. The molecule has 2 atom stereocenters. The van der Waals surface area contributed by atoms with Gasteiger partial charge in [0.05, 0.1) is 12.1 Å². The van der Waals surface area contributed by atoms with Crippen LogP contribution in [0.2, 0.25) is 0 Å². The Balaban J connectivity index is 1.44. The van der Waals surface area contributed by atoms with E-state index in [4.69, 9.17) is 15.2 Å². The Bertz CT molecular complexity index is 983. The Hall–Kier alpha value is -2.89. The third kappa shape index (κ3) is 4.75. The lowest BCUT2D eigenvalue weighted by Gasteiger charge is -2.18. The molecule has 1 amide bonds. The van der Waals surface area contributed by atoms with E-state index in [1.54, 1.807) is 12.1 Å². The third-order valence-electron chi connectivity index (χ3n) is 5.27. The Morgan fingerprint density at radius 3 is 2.76 bits per heavy atom. The number of benzene rings is 3. The van der Waals surface area contributed by atoms with Crippen molar-refractivity contribution in [2.45, 2.75) is 25.0 Å². The molecule has 0 aliphatic carbocycles. The summed E-state index contributed by atoms with van der Waals surface area (Å²) in [4.78, 5) is 12.8. The molecule has 1 saturated heterocycles. The molecule has 0 saturated carbocycles. The molecule has 4 rings (SSSR count). The molecule has 3 N–H and O–H groups in total. The van der Waals surface area contributed by atoms with Gasteiger partial charge >= 0.3 is 0 Å². The smallest absolute Gasteiger partial charge is 0.251 e. The van der Waals surface area contributed by atoms with Crippen LogP contribution in [0.5, 0.6) is 5.75 Å². The van der Waals surface area contributed by atoms with Crippen molar-refractivity contribution in [1.82, 2.24) is 5.32 Å². The number of fused-ring (bicyclic) bond motifs is 1. The topological polar surface area (TPSA) is 73.6 Å². The second kappa shape index (κ2) is 9.07. The van der Waals surface area contributed by atoms with Crippen LogP contribution in [0.1, 0.15) is 34.8 Å². The van der Waals surface area contributed by atoms with Gasteiger partial charge < -0.3 is 20.5 Å². The Kier molecular flexibility index (Phi) is 6.08. The van der Waals surface area contributed by atoms with E-state index in [1.165, 1.54) is 0 Å². The van der Waals surface area contributed by atoms with Gasteiger partial charge in [0.15, 0.2) is 0 Å². The molecule has 1 aliphatic heterocycles. The molecular formula is C24H26N2O3. The lowest BCUT2D eigenvalue weighted by Crippen LogP contribution is -2.33. The summed E-state index contributed by atoms with van der Waals surface area (Å²) in [5, 5.41) is 5.33. The summed E-state index contributed by atoms with van der Waals surface area (Å²) >= 11 is 0. The third-order valence-corrected chi connectivity index (χ3v) is 5.27. The number of hydrogen-bond acceptors (Lipinski definition) is 4. The molecule has 3 aromatic carbocycles. The standard InChI is InChI=1S/C24H26N2O3/c25-15-23(19-11-10-17-5-1-2-6-18(17)13-19)26-24(27)20-7-3-8-21(14-20)29-16-22-9-4-12-28-22/h1-3,5-8,10-11,13-14,22-23H,4,9,12,15-16,25H2,(H,26,27). The SMILES string of the molecule is NCC(NC(=O)c1cccc(OCC2CCCO2)c1)c1ccc2ccccc2c1. The van der Waals surface area contributed by atoms with Crippen LogP contribution >= 0.6 is 0 Å². The number of nitrogens with one attached hydrogen (secondary N) is 1. The summed E-state index contributed by atoms with van der Waals surface area (Å²) < 4.78 is 11.4. The highest BCUT2D eigenvalue weighted by Gasteiger charge is 2.18. The highest BCUT2D eigenvalue weighted by molar-refractivity contribution is 5.95. The van der Waals surface area contributed by atoms with Gasteiger partial charge in [-0.3, -0.25) is 4.79 Å². The number of nitrogens with two attached hydrogens (primary N) is 1. The van der Waals surface area contributed by atoms with Crippen molar-refractivity contribution in [3.05, 3.63) is 77.9 Å². The van der Waals surface area contributed by atoms with Crippen molar-refractivity contribution >= 4 is 16.7 Å². The summed E-state index contributed by atoms with van der Waals surface area (Å²) in [7, 11) is 0. The van der Waals surface area contributed by atoms with E-state index in [0.29, 0.717) is 24.5 Å². The molecular weight excluding hydrogens is 364 g/mol. The lowest BCUT2D eigenvalue weighted by molar-refractivity contribution is 0.0679. The fourth-order valence-electron chi connectivity index (χ4n) is 3.64. The molecule has 5 heteroatoms. The average molecular weight is 390 g/mol. The van der Waals surface area contributed by atoms with Crippen LogP contribution in [0.25, 0.3) is 10.8 Å². The van der Waals surface area contributed by atoms with Crippen LogP contribution in [-0.2, 0) is 4.74 Å². The van der Waals surface area contributed by atoms with Gasteiger partial charge in [-0.15, -0.1) is 0 Å². The van der Waals surface area contributed by atoms with Crippen LogP contribution < -0.4 is 15.8 Å². The Morgan fingerprint density at radius 1 is 1.10 bits per heavy atom. The molecule has 0 bridgehead atoms. The average Bonchev–Trinajstić information content (AvgIpc) is 3.29. The summed E-state index contributed by atoms with van der Waals surface area (Å²) in [6.07, 6.45) is 2.23. The van der Waals surface area contributed by atoms with Gasteiger partial charge in [-0.05, 0) is 53.4 Å². The maximum Gasteiger partial charge on any atom is 0.251 e. The van der Waals surface area contributed by atoms with E-state index in [9.17, 15) is 4.79 Å². The zero-order chi connectivity index (χ0) is 20.1. The number of ether oxygens (including phenoxy) is 2. The summed E-state index contributed by atoms with van der Waals surface area (Å²) in [5.41, 5.74) is 7.51. The van der Waals surface area contributed by atoms with E-state index in [1.807, 2.05) is 30.3 Å². The summed E-state index contributed by atoms with van der Waals surface area (Å²) in [5.74, 6) is 0.499. The molecule has 3 aromatic rings. The molecule has 0 aromatic heterocycles. The van der Waals surface area contributed by atoms with E-state index in [0.717, 1.165) is 35.8 Å². The summed E-state index contributed by atoms with van der Waals surface area (Å²) in [6, 6.07) is 21.3. The van der Waals surface area contributed by atoms with Gasteiger partial charge in [-0.1, -0.05) is 42.5 Å². The van der Waals surface area contributed by atoms with Gasteiger partial charge in [0.25, 0.3) is 5.91 Å². The monoisotopic (exact) mass is 390 g/mol. The van der Waals surface area contributed by atoms with Gasteiger partial charge in [0.1, 0.15) is 12.4 Å². The van der Waals surface area contributed by atoms with E-state index in [2.05, 4.69) is 29.6 Å². The van der Waals surface area contributed by atoms with E-state index < -0.39 is 0 Å². The molecule has 29 heavy (non-hydrogen) atoms. The van der Waals surface area contributed by atoms with E-state index >= 15 is 0 Å². The van der Waals surface area contributed by atoms with Crippen molar-refractivity contribution in [3.8, 4) is 5.75 Å². The zero-order valence-corrected chi connectivity index (χ0v) is 16.3. The number of carbonyl (C=O) groups excluding carboxylic acids is 1. The van der Waals surface area contributed by atoms with Gasteiger partial charge in [0.2, 0.25) is 0 Å². The van der Waals surface area contributed by atoms with Crippen LogP contribution in [0.3, 0.4) is 0 Å². The van der Waals surface area contributed by atoms with Crippen LogP contribution in [0.4, 0.5) is 0 Å². The first-order valence-electron chi connectivity index (χ1n) is 10.1.